The molecule has 4 heteroatoms. The molecular formula is C17H21NO3. The van der Waals surface area contributed by atoms with Crippen LogP contribution in [0, 0.1) is 5.92 Å². The molecule has 0 saturated heterocycles. The first-order valence-corrected chi connectivity index (χ1v) is 7.21. The first-order valence-electron chi connectivity index (χ1n) is 7.21. The van der Waals surface area contributed by atoms with Crippen LogP contribution in [0.4, 0.5) is 0 Å². The maximum absolute atomic E-state index is 11.3. The smallest absolute Gasteiger partial charge is 0.373 e. The number of carboxylic acids is 1. The van der Waals surface area contributed by atoms with Crippen LogP contribution in [0.3, 0.4) is 0 Å². The van der Waals surface area contributed by atoms with Crippen molar-refractivity contribution >= 4 is 5.97 Å². The maximum atomic E-state index is 11.3. The molecule has 1 aromatic carbocycles. The van der Waals surface area contributed by atoms with Gasteiger partial charge >= 0.3 is 5.97 Å². The van der Waals surface area contributed by atoms with Crippen molar-refractivity contribution in [2.75, 3.05) is 0 Å². The van der Waals surface area contributed by atoms with Crippen molar-refractivity contribution in [2.45, 2.75) is 40.0 Å². The summed E-state index contributed by atoms with van der Waals surface area (Å²) in [5.41, 5.74) is 2.54. The van der Waals surface area contributed by atoms with Gasteiger partial charge in [-0.15, -0.1) is 0 Å². The van der Waals surface area contributed by atoms with E-state index in [1.807, 2.05) is 38.1 Å². The fraction of sp³-hybridized carbons (Fsp3) is 0.412. The molecule has 2 rings (SSSR count). The quantitative estimate of drug-likeness (QED) is 0.887. The van der Waals surface area contributed by atoms with E-state index in [4.69, 9.17) is 4.42 Å². The Hall–Kier alpha value is -2.10. The third kappa shape index (κ3) is 3.51. The van der Waals surface area contributed by atoms with Crippen molar-refractivity contribution in [1.82, 2.24) is 4.98 Å². The molecule has 1 heterocycles. The van der Waals surface area contributed by atoms with Crippen molar-refractivity contribution in [3.8, 4) is 11.5 Å². The summed E-state index contributed by atoms with van der Waals surface area (Å²) in [5.74, 6) is 0.0345. The number of benzene rings is 1. The highest BCUT2D eigenvalue weighted by atomic mass is 16.4. The van der Waals surface area contributed by atoms with E-state index in [0.717, 1.165) is 5.56 Å². The summed E-state index contributed by atoms with van der Waals surface area (Å²) in [6.07, 6.45) is 0.592. The summed E-state index contributed by atoms with van der Waals surface area (Å²) in [6.45, 7) is 8.31. The second-order valence-electron chi connectivity index (χ2n) is 5.97. The summed E-state index contributed by atoms with van der Waals surface area (Å²) >= 11 is 0. The number of carbonyl (C=O) groups is 1. The second-order valence-corrected chi connectivity index (χ2v) is 5.97. The van der Waals surface area contributed by atoms with E-state index < -0.39 is 5.97 Å². The van der Waals surface area contributed by atoms with E-state index in [2.05, 4.69) is 18.8 Å². The summed E-state index contributed by atoms with van der Waals surface area (Å²) in [4.78, 5) is 15.6. The van der Waals surface area contributed by atoms with Crippen LogP contribution in [-0.4, -0.2) is 16.1 Å². The molecule has 0 aliphatic heterocycles. The molecule has 0 amide bonds. The van der Waals surface area contributed by atoms with Gasteiger partial charge in [-0.25, -0.2) is 9.78 Å². The number of oxazole rings is 1. The molecule has 21 heavy (non-hydrogen) atoms. The third-order valence-electron chi connectivity index (χ3n) is 3.32. The second kappa shape index (κ2) is 6.12. The molecule has 0 aliphatic rings. The fourth-order valence-corrected chi connectivity index (χ4v) is 2.18. The Labute approximate surface area is 124 Å². The first kappa shape index (κ1) is 15.3. The van der Waals surface area contributed by atoms with Gasteiger partial charge in [0.15, 0.2) is 0 Å². The Bertz CT molecular complexity index is 624. The molecule has 0 atom stereocenters. The zero-order chi connectivity index (χ0) is 15.6. The molecule has 1 N–H and O–H groups in total. The lowest BCUT2D eigenvalue weighted by Crippen LogP contribution is -2.03. The standard InChI is InChI=1S/C17H21NO3/c1-10(2)9-14-15(17(19)20)21-16(18-14)13-7-5-12(6-8-13)11(3)4/h5-8,10-11H,9H2,1-4H3,(H,19,20). The zero-order valence-electron chi connectivity index (χ0n) is 12.9. The van der Waals surface area contributed by atoms with E-state index in [1.165, 1.54) is 5.56 Å². The minimum atomic E-state index is -1.07. The van der Waals surface area contributed by atoms with Crippen LogP contribution in [0.15, 0.2) is 28.7 Å². The van der Waals surface area contributed by atoms with Crippen LogP contribution >= 0.6 is 0 Å². The van der Waals surface area contributed by atoms with E-state index in [-0.39, 0.29) is 5.76 Å². The predicted molar refractivity (Wildman–Crippen MR) is 81.5 cm³/mol. The highest BCUT2D eigenvalue weighted by Crippen LogP contribution is 2.25. The molecule has 2 aromatic rings. The van der Waals surface area contributed by atoms with Crippen LogP contribution in [-0.2, 0) is 6.42 Å². The Morgan fingerprint density at radius 2 is 1.81 bits per heavy atom. The summed E-state index contributed by atoms with van der Waals surface area (Å²) in [6, 6.07) is 7.89. The van der Waals surface area contributed by atoms with Crippen molar-refractivity contribution in [3.63, 3.8) is 0 Å². The molecule has 0 saturated carbocycles. The SMILES string of the molecule is CC(C)Cc1nc(-c2ccc(C(C)C)cc2)oc1C(=O)O. The van der Waals surface area contributed by atoms with Gasteiger partial charge in [0.05, 0.1) is 5.69 Å². The lowest BCUT2D eigenvalue weighted by atomic mass is 10.0. The lowest BCUT2D eigenvalue weighted by molar-refractivity contribution is 0.0661. The molecule has 1 aromatic heterocycles. The largest absolute Gasteiger partial charge is 0.475 e. The minimum Gasteiger partial charge on any atom is -0.475 e. The van der Waals surface area contributed by atoms with Gasteiger partial charge in [0.1, 0.15) is 0 Å². The monoisotopic (exact) mass is 287 g/mol. The summed E-state index contributed by atoms with van der Waals surface area (Å²) in [7, 11) is 0. The van der Waals surface area contributed by atoms with Crippen molar-refractivity contribution in [3.05, 3.63) is 41.3 Å². The van der Waals surface area contributed by atoms with Gasteiger partial charge in [-0.3, -0.25) is 0 Å². The lowest BCUT2D eigenvalue weighted by Gasteiger charge is -2.04. The van der Waals surface area contributed by atoms with Crippen LogP contribution in [0.5, 0.6) is 0 Å². The van der Waals surface area contributed by atoms with Gasteiger partial charge in [0, 0.05) is 5.56 Å². The number of hydrogen-bond acceptors (Lipinski definition) is 3. The molecule has 0 unspecified atom stereocenters. The molecule has 0 spiro atoms. The van der Waals surface area contributed by atoms with E-state index in [1.54, 1.807) is 0 Å². The van der Waals surface area contributed by atoms with Crippen molar-refractivity contribution in [1.29, 1.82) is 0 Å². The molecule has 0 fully saturated rings. The summed E-state index contributed by atoms with van der Waals surface area (Å²) in [5, 5.41) is 9.22. The number of aromatic nitrogens is 1. The number of rotatable bonds is 5. The zero-order valence-corrected chi connectivity index (χ0v) is 12.9. The van der Waals surface area contributed by atoms with E-state index in [0.29, 0.717) is 29.8 Å². The van der Waals surface area contributed by atoms with Crippen molar-refractivity contribution in [2.24, 2.45) is 5.92 Å². The normalized spacial score (nSPS) is 11.3. The van der Waals surface area contributed by atoms with Crippen LogP contribution in [0.1, 0.15) is 55.4 Å². The average Bonchev–Trinajstić information content (AvgIpc) is 2.82. The van der Waals surface area contributed by atoms with Crippen LogP contribution in [0.25, 0.3) is 11.5 Å². The number of nitrogens with zero attached hydrogens (tertiary/aromatic N) is 1. The Morgan fingerprint density at radius 3 is 2.29 bits per heavy atom. The van der Waals surface area contributed by atoms with Gasteiger partial charge in [-0.2, -0.15) is 0 Å². The van der Waals surface area contributed by atoms with Gasteiger partial charge in [0.25, 0.3) is 0 Å². The average molecular weight is 287 g/mol. The minimum absolute atomic E-state index is 0.0494. The van der Waals surface area contributed by atoms with Gasteiger partial charge in [0.2, 0.25) is 11.7 Å². The third-order valence-corrected chi connectivity index (χ3v) is 3.32. The van der Waals surface area contributed by atoms with E-state index in [9.17, 15) is 9.90 Å². The molecular weight excluding hydrogens is 266 g/mol. The van der Waals surface area contributed by atoms with Gasteiger partial charge < -0.3 is 9.52 Å². The molecule has 0 radical (unpaired) electrons. The van der Waals surface area contributed by atoms with Gasteiger partial charge in [-0.1, -0.05) is 39.8 Å². The highest BCUT2D eigenvalue weighted by Gasteiger charge is 2.21. The number of aromatic carboxylic acids is 1. The summed E-state index contributed by atoms with van der Waals surface area (Å²) < 4.78 is 5.45. The topological polar surface area (TPSA) is 63.3 Å². The number of hydrogen-bond donors (Lipinski definition) is 1. The molecule has 0 bridgehead atoms. The van der Waals surface area contributed by atoms with Crippen LogP contribution in [0.2, 0.25) is 0 Å². The van der Waals surface area contributed by atoms with Gasteiger partial charge in [-0.05, 0) is 36.0 Å². The Morgan fingerprint density at radius 1 is 1.19 bits per heavy atom. The van der Waals surface area contributed by atoms with Crippen LogP contribution < -0.4 is 0 Å². The maximum Gasteiger partial charge on any atom is 0.373 e. The van der Waals surface area contributed by atoms with E-state index >= 15 is 0 Å². The Kier molecular flexibility index (Phi) is 4.46. The van der Waals surface area contributed by atoms with Crippen molar-refractivity contribution < 1.29 is 14.3 Å². The number of carboxylic acid groups (broad SMARTS) is 1. The highest BCUT2D eigenvalue weighted by molar-refractivity contribution is 5.86. The molecule has 0 aliphatic carbocycles. The fourth-order valence-electron chi connectivity index (χ4n) is 2.18. The Balaban J connectivity index is 2.37. The molecule has 112 valence electrons. The predicted octanol–water partition coefficient (Wildman–Crippen LogP) is 4.36. The first-order chi connectivity index (χ1) is 9.88. The molecule has 4 nitrogen and oxygen atoms in total.